The Morgan fingerprint density at radius 2 is 1.53 bits per heavy atom. The lowest BCUT2D eigenvalue weighted by molar-refractivity contribution is -0.138. The molecule has 0 amide bonds. The number of hydrogen-bond donors (Lipinski definition) is 1. The van der Waals surface area contributed by atoms with E-state index in [1.165, 1.54) is 0 Å². The zero-order valence-corrected chi connectivity index (χ0v) is 12.0. The van der Waals surface area contributed by atoms with Crippen LogP contribution in [0.5, 0.6) is 0 Å². The summed E-state index contributed by atoms with van der Waals surface area (Å²) in [5, 5.41) is 8.91. The highest BCUT2D eigenvalue weighted by atomic mass is 16.4. The molecule has 0 bridgehead atoms. The Bertz CT molecular complexity index is 220. The van der Waals surface area contributed by atoms with Gasteiger partial charge in [-0.3, -0.25) is 9.69 Å². The molecular formula is C13H28N2O2. The highest BCUT2D eigenvalue weighted by molar-refractivity contribution is 5.69. The molecule has 0 saturated heterocycles. The van der Waals surface area contributed by atoms with Gasteiger partial charge in [0.25, 0.3) is 0 Å². The van der Waals surface area contributed by atoms with Gasteiger partial charge in [-0.05, 0) is 18.5 Å². The fourth-order valence-electron chi connectivity index (χ4n) is 1.90. The average molecular weight is 244 g/mol. The van der Waals surface area contributed by atoms with Gasteiger partial charge in [-0.1, -0.05) is 34.6 Å². The number of likely N-dealkylation sites (N-methyl/N-ethyl adjacent to an activating group) is 1. The Balaban J connectivity index is 4.23. The fourth-order valence-corrected chi connectivity index (χ4v) is 1.90. The van der Waals surface area contributed by atoms with Gasteiger partial charge in [0.1, 0.15) is 0 Å². The topological polar surface area (TPSA) is 43.8 Å². The van der Waals surface area contributed by atoms with Crippen molar-refractivity contribution in [1.29, 1.82) is 0 Å². The minimum atomic E-state index is -0.742. The molecule has 1 N–H and O–H groups in total. The molecule has 0 saturated carbocycles. The van der Waals surface area contributed by atoms with Crippen LogP contribution in [-0.4, -0.2) is 60.1 Å². The van der Waals surface area contributed by atoms with Crippen LogP contribution in [0.3, 0.4) is 0 Å². The lowest BCUT2D eigenvalue weighted by atomic mass is 9.96. The van der Waals surface area contributed by atoms with Crippen LogP contribution in [-0.2, 0) is 4.79 Å². The van der Waals surface area contributed by atoms with Crippen molar-refractivity contribution in [1.82, 2.24) is 9.80 Å². The highest BCUT2D eigenvalue weighted by Crippen LogP contribution is 2.14. The van der Waals surface area contributed by atoms with Gasteiger partial charge in [0.2, 0.25) is 0 Å². The number of carboxylic acid groups (broad SMARTS) is 1. The highest BCUT2D eigenvalue weighted by Gasteiger charge is 2.18. The minimum absolute atomic E-state index is 0.137. The summed E-state index contributed by atoms with van der Waals surface area (Å²) in [6.45, 7) is 15.4. The lowest BCUT2D eigenvalue weighted by Gasteiger charge is -2.30. The third-order valence-electron chi connectivity index (χ3n) is 2.68. The number of hydrogen-bond acceptors (Lipinski definition) is 3. The van der Waals surface area contributed by atoms with Crippen LogP contribution in [0.1, 0.15) is 34.6 Å². The summed E-state index contributed by atoms with van der Waals surface area (Å²) in [6.07, 6.45) is 0. The number of carboxylic acids is 1. The SMILES string of the molecule is CCN(CC)CCN(CC(=O)O)CC(C)(C)C. The van der Waals surface area contributed by atoms with Crippen molar-refractivity contribution in [2.24, 2.45) is 5.41 Å². The zero-order chi connectivity index (χ0) is 13.5. The lowest BCUT2D eigenvalue weighted by Crippen LogP contribution is -2.41. The number of carbonyl (C=O) groups is 1. The molecule has 0 aliphatic heterocycles. The molecule has 0 unspecified atom stereocenters. The van der Waals surface area contributed by atoms with Gasteiger partial charge in [-0.25, -0.2) is 0 Å². The number of rotatable bonds is 8. The van der Waals surface area contributed by atoms with Crippen molar-refractivity contribution < 1.29 is 9.90 Å². The molecule has 4 heteroatoms. The van der Waals surface area contributed by atoms with Crippen molar-refractivity contribution in [3.05, 3.63) is 0 Å². The van der Waals surface area contributed by atoms with Crippen molar-refractivity contribution in [3.63, 3.8) is 0 Å². The van der Waals surface area contributed by atoms with Gasteiger partial charge in [0.05, 0.1) is 6.54 Å². The summed E-state index contributed by atoms with van der Waals surface area (Å²) in [5.74, 6) is -0.742. The van der Waals surface area contributed by atoms with E-state index in [4.69, 9.17) is 5.11 Å². The van der Waals surface area contributed by atoms with Crippen LogP contribution < -0.4 is 0 Å². The van der Waals surface area contributed by atoms with E-state index in [1.807, 2.05) is 4.90 Å². The van der Waals surface area contributed by atoms with Gasteiger partial charge in [0, 0.05) is 19.6 Å². The fraction of sp³-hybridized carbons (Fsp3) is 0.923. The molecule has 4 nitrogen and oxygen atoms in total. The maximum absolute atomic E-state index is 10.8. The molecule has 0 fully saturated rings. The van der Waals surface area contributed by atoms with Crippen LogP contribution in [0.15, 0.2) is 0 Å². The smallest absolute Gasteiger partial charge is 0.317 e. The second-order valence-corrected chi connectivity index (χ2v) is 5.69. The number of aliphatic carboxylic acids is 1. The first-order valence-corrected chi connectivity index (χ1v) is 6.45. The van der Waals surface area contributed by atoms with E-state index in [2.05, 4.69) is 39.5 Å². The second kappa shape index (κ2) is 7.67. The molecule has 0 heterocycles. The summed E-state index contributed by atoms with van der Waals surface area (Å²) in [6, 6.07) is 0. The molecule has 0 atom stereocenters. The summed E-state index contributed by atoms with van der Waals surface area (Å²) in [7, 11) is 0. The minimum Gasteiger partial charge on any atom is -0.480 e. The third kappa shape index (κ3) is 9.12. The van der Waals surface area contributed by atoms with Crippen LogP contribution in [0.2, 0.25) is 0 Å². The van der Waals surface area contributed by atoms with E-state index in [-0.39, 0.29) is 12.0 Å². The number of nitrogens with zero attached hydrogens (tertiary/aromatic N) is 2. The normalized spacial score (nSPS) is 12.4. The maximum atomic E-state index is 10.8. The summed E-state index contributed by atoms with van der Waals surface area (Å²) in [4.78, 5) is 15.2. The van der Waals surface area contributed by atoms with Gasteiger partial charge >= 0.3 is 5.97 Å². The summed E-state index contributed by atoms with van der Waals surface area (Å²) < 4.78 is 0. The first-order chi connectivity index (χ1) is 7.78. The van der Waals surface area contributed by atoms with E-state index in [1.54, 1.807) is 0 Å². The molecular weight excluding hydrogens is 216 g/mol. The second-order valence-electron chi connectivity index (χ2n) is 5.69. The molecule has 0 aromatic rings. The van der Waals surface area contributed by atoms with E-state index in [0.717, 1.165) is 32.7 Å². The molecule has 0 aliphatic rings. The van der Waals surface area contributed by atoms with Gasteiger partial charge in [0.15, 0.2) is 0 Å². The van der Waals surface area contributed by atoms with Crippen molar-refractivity contribution in [2.75, 3.05) is 39.3 Å². The molecule has 0 aromatic heterocycles. The molecule has 102 valence electrons. The predicted molar refractivity (Wildman–Crippen MR) is 71.3 cm³/mol. The van der Waals surface area contributed by atoms with E-state index in [9.17, 15) is 4.79 Å². The van der Waals surface area contributed by atoms with Crippen LogP contribution in [0, 0.1) is 5.41 Å². The molecule has 17 heavy (non-hydrogen) atoms. The molecule has 0 spiro atoms. The third-order valence-corrected chi connectivity index (χ3v) is 2.68. The van der Waals surface area contributed by atoms with Gasteiger partial charge < -0.3 is 10.0 Å². The quantitative estimate of drug-likeness (QED) is 0.706. The predicted octanol–water partition coefficient (Wildman–Crippen LogP) is 1.76. The molecule has 0 rings (SSSR count). The summed E-state index contributed by atoms with van der Waals surface area (Å²) in [5.41, 5.74) is 0.138. The molecule has 0 radical (unpaired) electrons. The zero-order valence-electron chi connectivity index (χ0n) is 12.0. The van der Waals surface area contributed by atoms with E-state index >= 15 is 0 Å². The Morgan fingerprint density at radius 3 is 1.88 bits per heavy atom. The van der Waals surface area contributed by atoms with E-state index in [0.29, 0.717) is 0 Å². The molecule has 0 aromatic carbocycles. The van der Waals surface area contributed by atoms with Crippen molar-refractivity contribution in [3.8, 4) is 0 Å². The Morgan fingerprint density at radius 1 is 1.06 bits per heavy atom. The van der Waals surface area contributed by atoms with Crippen LogP contribution in [0.4, 0.5) is 0 Å². The standard InChI is InChI=1S/C13H28N2O2/c1-6-14(7-2)8-9-15(10-12(16)17)11-13(3,4)5/h6-11H2,1-5H3,(H,16,17). The Hall–Kier alpha value is -0.610. The monoisotopic (exact) mass is 244 g/mol. The van der Waals surface area contributed by atoms with Gasteiger partial charge in [-0.15, -0.1) is 0 Å². The Labute approximate surface area is 106 Å². The average Bonchev–Trinajstić information content (AvgIpc) is 2.15. The largest absolute Gasteiger partial charge is 0.480 e. The molecule has 0 aliphatic carbocycles. The van der Waals surface area contributed by atoms with Crippen molar-refractivity contribution in [2.45, 2.75) is 34.6 Å². The van der Waals surface area contributed by atoms with Crippen LogP contribution >= 0.6 is 0 Å². The first kappa shape index (κ1) is 16.4. The first-order valence-electron chi connectivity index (χ1n) is 6.45. The maximum Gasteiger partial charge on any atom is 0.317 e. The van der Waals surface area contributed by atoms with Crippen molar-refractivity contribution >= 4 is 5.97 Å². The van der Waals surface area contributed by atoms with Gasteiger partial charge in [-0.2, -0.15) is 0 Å². The summed E-state index contributed by atoms with van der Waals surface area (Å²) >= 11 is 0. The van der Waals surface area contributed by atoms with Crippen LogP contribution in [0.25, 0.3) is 0 Å². The Kier molecular flexibility index (Phi) is 7.39. The van der Waals surface area contributed by atoms with E-state index < -0.39 is 5.97 Å².